The third kappa shape index (κ3) is 2.64. The summed E-state index contributed by atoms with van der Waals surface area (Å²) < 4.78 is 23.5. The van der Waals surface area contributed by atoms with E-state index in [1.807, 2.05) is 0 Å². The topological polar surface area (TPSA) is 115 Å². The van der Waals surface area contributed by atoms with Crippen molar-refractivity contribution in [2.45, 2.75) is 4.90 Å². The first kappa shape index (κ1) is 13.2. The summed E-state index contributed by atoms with van der Waals surface area (Å²) in [5, 5.41) is 18.0. The monoisotopic (exact) mass is 281 g/mol. The van der Waals surface area contributed by atoms with Gasteiger partial charge in [0, 0.05) is 12.6 Å². The molecule has 7 nitrogen and oxygen atoms in total. The summed E-state index contributed by atoms with van der Waals surface area (Å²) in [6.45, 7) is 0. The average Bonchev–Trinajstić information content (AvgIpc) is 2.70. The van der Waals surface area contributed by atoms with Crippen molar-refractivity contribution in [2.24, 2.45) is 12.2 Å². The van der Waals surface area contributed by atoms with Crippen LogP contribution in [0.25, 0.3) is 11.3 Å². The van der Waals surface area contributed by atoms with Gasteiger partial charge in [-0.15, -0.1) is 0 Å². The molecule has 0 unspecified atom stereocenters. The summed E-state index contributed by atoms with van der Waals surface area (Å²) >= 11 is 0. The Morgan fingerprint density at radius 3 is 2.32 bits per heavy atom. The van der Waals surface area contributed by atoms with Crippen molar-refractivity contribution in [2.75, 3.05) is 0 Å². The van der Waals surface area contributed by atoms with Crippen LogP contribution < -0.4 is 5.14 Å². The van der Waals surface area contributed by atoms with E-state index >= 15 is 0 Å². The number of carboxylic acid groups (broad SMARTS) is 1. The molecule has 0 spiro atoms. The molecule has 0 saturated heterocycles. The molecule has 2 rings (SSSR count). The van der Waals surface area contributed by atoms with Gasteiger partial charge in [-0.3, -0.25) is 4.68 Å². The largest absolute Gasteiger partial charge is 0.477 e. The van der Waals surface area contributed by atoms with Crippen LogP contribution in [0.3, 0.4) is 0 Å². The number of carboxylic acids is 1. The minimum absolute atomic E-state index is 0.00867. The fraction of sp³-hybridized carbons (Fsp3) is 0.0909. The Kier molecular flexibility index (Phi) is 3.13. The molecule has 0 aliphatic rings. The second-order valence-corrected chi connectivity index (χ2v) is 5.47. The summed E-state index contributed by atoms with van der Waals surface area (Å²) in [5.74, 6) is -1.08. The van der Waals surface area contributed by atoms with Crippen molar-refractivity contribution >= 4 is 16.0 Å². The number of aromatic nitrogens is 2. The summed E-state index contributed by atoms with van der Waals surface area (Å²) in [7, 11) is -2.22. The first-order valence-electron chi connectivity index (χ1n) is 5.19. The summed E-state index contributed by atoms with van der Waals surface area (Å²) in [5.41, 5.74) is 1.10. The van der Waals surface area contributed by atoms with Crippen molar-refractivity contribution in [3.8, 4) is 11.3 Å². The van der Waals surface area contributed by atoms with Crippen LogP contribution in [0.1, 0.15) is 10.5 Å². The van der Waals surface area contributed by atoms with E-state index in [0.29, 0.717) is 11.3 Å². The van der Waals surface area contributed by atoms with Gasteiger partial charge in [0.05, 0.1) is 10.6 Å². The fourth-order valence-electron chi connectivity index (χ4n) is 1.62. The van der Waals surface area contributed by atoms with Gasteiger partial charge in [0.1, 0.15) is 5.69 Å². The van der Waals surface area contributed by atoms with E-state index in [2.05, 4.69) is 5.10 Å². The molecule has 0 aliphatic carbocycles. The number of aromatic carboxylic acids is 1. The molecule has 0 aliphatic heterocycles. The number of carbonyl (C=O) groups is 1. The molecule has 0 radical (unpaired) electrons. The second kappa shape index (κ2) is 4.48. The normalized spacial score (nSPS) is 11.5. The van der Waals surface area contributed by atoms with Gasteiger partial charge in [0.15, 0.2) is 0 Å². The van der Waals surface area contributed by atoms with Gasteiger partial charge in [0.25, 0.3) is 0 Å². The van der Waals surface area contributed by atoms with E-state index in [4.69, 9.17) is 10.2 Å². The molecular formula is C11H11N3O4S. The van der Waals surface area contributed by atoms with Crippen molar-refractivity contribution in [3.63, 3.8) is 0 Å². The molecule has 0 saturated carbocycles. The number of hydrogen-bond donors (Lipinski definition) is 2. The van der Waals surface area contributed by atoms with Crippen LogP contribution >= 0.6 is 0 Å². The second-order valence-electron chi connectivity index (χ2n) is 3.91. The summed E-state index contributed by atoms with van der Waals surface area (Å²) in [4.78, 5) is 10.9. The molecule has 1 aromatic heterocycles. The highest BCUT2D eigenvalue weighted by molar-refractivity contribution is 7.89. The maximum atomic E-state index is 11.1. The van der Waals surface area contributed by atoms with Gasteiger partial charge in [-0.05, 0) is 18.2 Å². The predicted octanol–water partition coefficient (Wildman–Crippen LogP) is 0.433. The molecule has 0 atom stereocenters. The smallest absolute Gasteiger partial charge is 0.354 e. The Bertz CT molecular complexity index is 732. The lowest BCUT2D eigenvalue weighted by atomic mass is 10.1. The van der Waals surface area contributed by atoms with Crippen molar-refractivity contribution in [1.29, 1.82) is 0 Å². The molecule has 3 N–H and O–H groups in total. The van der Waals surface area contributed by atoms with E-state index in [1.165, 1.54) is 42.1 Å². The lowest BCUT2D eigenvalue weighted by Gasteiger charge is -1.99. The maximum absolute atomic E-state index is 11.1. The molecule has 100 valence electrons. The molecule has 19 heavy (non-hydrogen) atoms. The molecule has 1 heterocycles. The maximum Gasteiger partial charge on any atom is 0.354 e. The van der Waals surface area contributed by atoms with Gasteiger partial charge < -0.3 is 5.11 Å². The molecule has 1 aromatic carbocycles. The molecule has 0 fully saturated rings. The van der Waals surface area contributed by atoms with Crippen LogP contribution in [0.15, 0.2) is 35.2 Å². The summed E-state index contributed by atoms with van der Waals surface area (Å²) in [6, 6.07) is 7.15. The zero-order valence-corrected chi connectivity index (χ0v) is 10.8. The zero-order valence-electron chi connectivity index (χ0n) is 9.94. The van der Waals surface area contributed by atoms with Crippen molar-refractivity contribution < 1.29 is 18.3 Å². The third-order valence-corrected chi connectivity index (χ3v) is 3.51. The summed E-state index contributed by atoms with van der Waals surface area (Å²) in [6.07, 6.45) is 0. The predicted molar refractivity (Wildman–Crippen MR) is 67.0 cm³/mol. The Balaban J connectivity index is 2.43. The molecule has 0 amide bonds. The SMILES string of the molecule is Cn1nc(-c2ccc(S(N)(=O)=O)cc2)cc1C(=O)O. The van der Waals surface area contributed by atoms with E-state index in [0.717, 1.165) is 0 Å². The highest BCUT2D eigenvalue weighted by atomic mass is 32.2. The number of hydrogen-bond acceptors (Lipinski definition) is 4. The quantitative estimate of drug-likeness (QED) is 0.846. The molecular weight excluding hydrogens is 270 g/mol. The Morgan fingerprint density at radius 1 is 1.32 bits per heavy atom. The van der Waals surface area contributed by atoms with Crippen LogP contribution in [0.5, 0.6) is 0 Å². The number of rotatable bonds is 3. The Hall–Kier alpha value is -2.19. The highest BCUT2D eigenvalue weighted by Gasteiger charge is 2.13. The first-order valence-corrected chi connectivity index (χ1v) is 6.74. The highest BCUT2D eigenvalue weighted by Crippen LogP contribution is 2.20. The van der Waals surface area contributed by atoms with Crippen LogP contribution in [0, 0.1) is 0 Å². The lowest BCUT2D eigenvalue weighted by Crippen LogP contribution is -2.11. The molecule has 0 bridgehead atoms. The van der Waals surface area contributed by atoms with Crippen LogP contribution in [0.2, 0.25) is 0 Å². The van der Waals surface area contributed by atoms with Gasteiger partial charge in [-0.1, -0.05) is 12.1 Å². The van der Waals surface area contributed by atoms with E-state index in [9.17, 15) is 13.2 Å². The van der Waals surface area contributed by atoms with E-state index in [-0.39, 0.29) is 10.6 Å². The standard InChI is InChI=1S/C11H11N3O4S/c1-14-10(11(15)16)6-9(13-14)7-2-4-8(5-3-7)19(12,17)18/h2-6H,1H3,(H,15,16)(H2,12,17,18). The minimum Gasteiger partial charge on any atom is -0.477 e. The number of sulfonamides is 1. The number of aryl methyl sites for hydroxylation is 1. The molecule has 2 aromatic rings. The van der Waals surface area contributed by atoms with Gasteiger partial charge in [-0.25, -0.2) is 18.4 Å². The number of nitrogens with zero attached hydrogens (tertiary/aromatic N) is 2. The van der Waals surface area contributed by atoms with Gasteiger partial charge in [0.2, 0.25) is 10.0 Å². The van der Waals surface area contributed by atoms with Crippen molar-refractivity contribution in [3.05, 3.63) is 36.0 Å². The van der Waals surface area contributed by atoms with Crippen LogP contribution in [0.4, 0.5) is 0 Å². The Labute approximate surface area is 109 Å². The van der Waals surface area contributed by atoms with E-state index in [1.54, 1.807) is 0 Å². The van der Waals surface area contributed by atoms with Gasteiger partial charge in [-0.2, -0.15) is 5.10 Å². The minimum atomic E-state index is -3.74. The first-order chi connectivity index (χ1) is 8.79. The van der Waals surface area contributed by atoms with Gasteiger partial charge >= 0.3 is 5.97 Å². The number of nitrogens with two attached hydrogens (primary N) is 1. The van der Waals surface area contributed by atoms with Crippen LogP contribution in [-0.2, 0) is 17.1 Å². The molecule has 8 heteroatoms. The Morgan fingerprint density at radius 2 is 1.89 bits per heavy atom. The number of benzene rings is 1. The van der Waals surface area contributed by atoms with E-state index < -0.39 is 16.0 Å². The fourth-order valence-corrected chi connectivity index (χ4v) is 2.14. The van der Waals surface area contributed by atoms with Crippen molar-refractivity contribution in [1.82, 2.24) is 9.78 Å². The number of primary sulfonamides is 1. The zero-order chi connectivity index (χ0) is 14.2. The average molecular weight is 281 g/mol. The lowest BCUT2D eigenvalue weighted by molar-refractivity contribution is 0.0685. The van der Waals surface area contributed by atoms with Crippen LogP contribution in [-0.4, -0.2) is 29.3 Å². The third-order valence-electron chi connectivity index (χ3n) is 2.58.